The number of benzene rings is 1. The van der Waals surface area contributed by atoms with Crippen LogP contribution in [0.5, 0.6) is 17.2 Å². The molecule has 1 unspecified atom stereocenters. The Balaban J connectivity index is 1.64. The minimum atomic E-state index is -1.07. The summed E-state index contributed by atoms with van der Waals surface area (Å²) in [5, 5.41) is 0. The summed E-state index contributed by atoms with van der Waals surface area (Å²) in [4.78, 5) is 12.8. The molecule has 6 nitrogen and oxygen atoms in total. The van der Waals surface area contributed by atoms with Crippen LogP contribution in [0.2, 0.25) is 0 Å². The molecule has 1 aromatic rings. The van der Waals surface area contributed by atoms with Crippen LogP contribution in [0.4, 0.5) is 0 Å². The van der Waals surface area contributed by atoms with Gasteiger partial charge in [0.2, 0.25) is 6.79 Å². The molecule has 6 heteroatoms. The van der Waals surface area contributed by atoms with Gasteiger partial charge in [0, 0.05) is 29.2 Å². The van der Waals surface area contributed by atoms with Crippen molar-refractivity contribution in [2.24, 2.45) is 17.8 Å². The van der Waals surface area contributed by atoms with E-state index in [-0.39, 0.29) is 37.1 Å². The van der Waals surface area contributed by atoms with Gasteiger partial charge in [0.05, 0.1) is 5.92 Å². The highest BCUT2D eigenvalue weighted by molar-refractivity contribution is 6.06. The predicted molar refractivity (Wildman–Crippen MR) is 88.7 cm³/mol. The maximum absolute atomic E-state index is 12.8. The highest BCUT2D eigenvalue weighted by Gasteiger charge is 2.64. The molecule has 2 aliphatic carbocycles. The van der Waals surface area contributed by atoms with Crippen LogP contribution in [0.25, 0.3) is 0 Å². The SMILES string of the molecule is C[C@H]1[C@@H]2c3cc4c(cc3OC35OCOC3=CC(=O)C(=C[C@@H]1C)[C@H]25)OCO4. The summed E-state index contributed by atoms with van der Waals surface area (Å²) in [6, 6.07) is 3.87. The molecule has 3 heterocycles. The van der Waals surface area contributed by atoms with Crippen LogP contribution in [0.1, 0.15) is 25.3 Å². The Labute approximate surface area is 150 Å². The fraction of sp³-hybridized carbons (Fsp3) is 0.450. The smallest absolute Gasteiger partial charge is 0.279 e. The van der Waals surface area contributed by atoms with Crippen LogP contribution in [0, 0.1) is 17.8 Å². The van der Waals surface area contributed by atoms with Gasteiger partial charge in [-0.3, -0.25) is 9.53 Å². The second kappa shape index (κ2) is 4.62. The maximum atomic E-state index is 12.8. The molecule has 0 N–H and O–H groups in total. The zero-order valence-electron chi connectivity index (χ0n) is 14.5. The van der Waals surface area contributed by atoms with Crippen LogP contribution in [-0.2, 0) is 14.3 Å². The van der Waals surface area contributed by atoms with E-state index in [9.17, 15) is 4.79 Å². The normalized spacial score (nSPS) is 38.3. The number of ether oxygens (including phenoxy) is 5. The molecule has 1 spiro atoms. The average molecular weight is 354 g/mol. The molecule has 1 saturated heterocycles. The topological polar surface area (TPSA) is 63.2 Å². The van der Waals surface area contributed by atoms with E-state index in [0.717, 1.165) is 16.9 Å². The Morgan fingerprint density at radius 3 is 2.69 bits per heavy atom. The van der Waals surface area contributed by atoms with Crippen LogP contribution >= 0.6 is 0 Å². The third kappa shape index (κ3) is 1.59. The highest BCUT2D eigenvalue weighted by atomic mass is 16.8. The number of carbonyl (C=O) groups is 1. The second-order valence-corrected chi connectivity index (χ2v) is 7.64. The molecule has 0 radical (unpaired) electrons. The summed E-state index contributed by atoms with van der Waals surface area (Å²) in [7, 11) is 0. The van der Waals surface area contributed by atoms with Crippen molar-refractivity contribution in [3.05, 3.63) is 41.2 Å². The molecule has 0 aromatic heterocycles. The molecule has 3 aliphatic heterocycles. The quantitative estimate of drug-likeness (QED) is 0.714. The largest absolute Gasteiger partial charge is 0.465 e. The van der Waals surface area contributed by atoms with Gasteiger partial charge in [0.25, 0.3) is 5.79 Å². The Kier molecular flexibility index (Phi) is 2.61. The van der Waals surface area contributed by atoms with Crippen molar-refractivity contribution < 1.29 is 28.5 Å². The van der Waals surface area contributed by atoms with Crippen molar-refractivity contribution in [2.45, 2.75) is 25.6 Å². The van der Waals surface area contributed by atoms with Gasteiger partial charge >= 0.3 is 0 Å². The standard InChI is InChI=1S/C20H18O6/c1-9-3-11-13(21)5-17-20(25-8-24-17)19(11)18(10(9)2)12-4-15-16(23-7-22-15)6-14(12)26-20/h3-6,9-10,18-19H,7-8H2,1-2H3/t9-,10+,18+,19+,20?/m0/s1. The van der Waals surface area contributed by atoms with Gasteiger partial charge in [-0.25, -0.2) is 0 Å². The molecular formula is C20H18O6. The highest BCUT2D eigenvalue weighted by Crippen LogP contribution is 2.61. The van der Waals surface area contributed by atoms with Crippen LogP contribution in [0.15, 0.2) is 35.6 Å². The van der Waals surface area contributed by atoms with Gasteiger partial charge in [-0.2, -0.15) is 0 Å². The van der Waals surface area contributed by atoms with E-state index in [1.807, 2.05) is 12.1 Å². The molecule has 26 heavy (non-hydrogen) atoms. The van der Waals surface area contributed by atoms with E-state index in [4.69, 9.17) is 23.7 Å². The predicted octanol–water partition coefficient (Wildman–Crippen LogP) is 2.89. The number of rotatable bonds is 0. The molecule has 5 atom stereocenters. The number of hydrogen-bond acceptors (Lipinski definition) is 6. The number of carbonyl (C=O) groups excluding carboxylic acids is 1. The molecule has 1 aromatic carbocycles. The van der Waals surface area contributed by atoms with Gasteiger partial charge < -0.3 is 18.9 Å². The molecule has 5 aliphatic rings. The Morgan fingerprint density at radius 1 is 1.04 bits per heavy atom. The first-order valence-corrected chi connectivity index (χ1v) is 8.96. The third-order valence-corrected chi connectivity index (χ3v) is 6.45. The Hall–Kier alpha value is -2.47. The van der Waals surface area contributed by atoms with Gasteiger partial charge in [-0.05, 0) is 17.9 Å². The number of fused-ring (bicyclic) bond motifs is 3. The van der Waals surface area contributed by atoms with E-state index in [2.05, 4.69) is 19.9 Å². The lowest BCUT2D eigenvalue weighted by molar-refractivity contribution is -0.182. The fourth-order valence-electron chi connectivity index (χ4n) is 5.04. The summed E-state index contributed by atoms with van der Waals surface area (Å²) in [5.74, 6) is 1.90. The number of hydrogen-bond donors (Lipinski definition) is 0. The summed E-state index contributed by atoms with van der Waals surface area (Å²) in [6.45, 7) is 4.66. The maximum Gasteiger partial charge on any atom is 0.279 e. The Bertz CT molecular complexity index is 915. The zero-order chi connectivity index (χ0) is 17.6. The van der Waals surface area contributed by atoms with E-state index < -0.39 is 5.79 Å². The van der Waals surface area contributed by atoms with Crippen molar-refractivity contribution in [1.29, 1.82) is 0 Å². The molecule has 0 amide bonds. The van der Waals surface area contributed by atoms with Crippen LogP contribution in [0.3, 0.4) is 0 Å². The van der Waals surface area contributed by atoms with Crippen molar-refractivity contribution in [3.63, 3.8) is 0 Å². The first-order chi connectivity index (χ1) is 12.6. The fourth-order valence-corrected chi connectivity index (χ4v) is 5.04. The molecule has 1 fully saturated rings. The lowest BCUT2D eigenvalue weighted by Gasteiger charge is -2.51. The lowest BCUT2D eigenvalue weighted by atomic mass is 9.59. The summed E-state index contributed by atoms with van der Waals surface area (Å²) >= 11 is 0. The van der Waals surface area contributed by atoms with Crippen LogP contribution in [-0.4, -0.2) is 25.2 Å². The van der Waals surface area contributed by atoms with Gasteiger partial charge in [0.1, 0.15) is 5.75 Å². The van der Waals surface area contributed by atoms with E-state index in [0.29, 0.717) is 23.2 Å². The van der Waals surface area contributed by atoms with Crippen molar-refractivity contribution >= 4 is 5.78 Å². The molecular weight excluding hydrogens is 336 g/mol. The van der Waals surface area contributed by atoms with E-state index in [1.54, 1.807) is 0 Å². The summed E-state index contributed by atoms with van der Waals surface area (Å²) < 4.78 is 29.1. The minimum Gasteiger partial charge on any atom is -0.465 e. The first kappa shape index (κ1) is 14.7. The molecule has 0 bridgehead atoms. The van der Waals surface area contributed by atoms with E-state index >= 15 is 0 Å². The monoisotopic (exact) mass is 354 g/mol. The first-order valence-electron chi connectivity index (χ1n) is 8.96. The van der Waals surface area contributed by atoms with Crippen molar-refractivity contribution in [3.8, 4) is 17.2 Å². The van der Waals surface area contributed by atoms with Gasteiger partial charge in [-0.1, -0.05) is 19.9 Å². The lowest BCUT2D eigenvalue weighted by Crippen LogP contribution is -2.56. The average Bonchev–Trinajstić information content (AvgIpc) is 3.23. The van der Waals surface area contributed by atoms with Gasteiger partial charge in [0.15, 0.2) is 29.8 Å². The second-order valence-electron chi connectivity index (χ2n) is 7.64. The third-order valence-electron chi connectivity index (χ3n) is 6.45. The van der Waals surface area contributed by atoms with E-state index in [1.165, 1.54) is 6.08 Å². The Morgan fingerprint density at radius 2 is 1.85 bits per heavy atom. The summed E-state index contributed by atoms with van der Waals surface area (Å²) in [6.07, 6.45) is 3.60. The van der Waals surface area contributed by atoms with Gasteiger partial charge in [-0.15, -0.1) is 0 Å². The summed E-state index contributed by atoms with van der Waals surface area (Å²) in [5.41, 5.74) is 1.80. The van der Waals surface area contributed by atoms with Crippen molar-refractivity contribution in [1.82, 2.24) is 0 Å². The zero-order valence-corrected chi connectivity index (χ0v) is 14.5. The molecule has 134 valence electrons. The minimum absolute atomic E-state index is 0.0114. The number of ketones is 1. The molecule has 0 saturated carbocycles. The molecule has 6 rings (SSSR count). The van der Waals surface area contributed by atoms with Crippen molar-refractivity contribution in [2.75, 3.05) is 13.6 Å². The number of allylic oxidation sites excluding steroid dienone is 2. The van der Waals surface area contributed by atoms with Crippen LogP contribution < -0.4 is 14.2 Å².